The number of nitrogens with one attached hydrogen (secondary N) is 1. The van der Waals surface area contributed by atoms with E-state index in [1.807, 2.05) is 59.5 Å². The van der Waals surface area contributed by atoms with Gasteiger partial charge in [0.15, 0.2) is 0 Å². The predicted octanol–water partition coefficient (Wildman–Crippen LogP) is 5.21. The van der Waals surface area contributed by atoms with Crippen molar-refractivity contribution in [2.45, 2.75) is 50.4 Å². The first-order chi connectivity index (χ1) is 16.0. The fraction of sp³-hybridized carbons (Fsp3) is 0.320. The number of piperidine rings is 1. The lowest BCUT2D eigenvalue weighted by molar-refractivity contribution is -0.143. The number of fused-ring (bicyclic) bond motifs is 1. The molecule has 3 heterocycles. The molecule has 2 aromatic carbocycles. The normalized spacial score (nSPS) is 22.3. The van der Waals surface area contributed by atoms with Gasteiger partial charge in [-0.15, -0.1) is 0 Å². The largest absolute Gasteiger partial charge is 0.465 e. The van der Waals surface area contributed by atoms with Crippen LogP contribution < -0.4 is 0 Å². The van der Waals surface area contributed by atoms with Crippen LogP contribution in [0, 0.1) is 0 Å². The smallest absolute Gasteiger partial charge is 0.408 e. The number of nitrogens with zero attached hydrogens (tertiary/aromatic N) is 3. The van der Waals surface area contributed by atoms with Gasteiger partial charge in [0.25, 0.3) is 0 Å². The van der Waals surface area contributed by atoms with E-state index >= 15 is 0 Å². The molecule has 2 fully saturated rings. The van der Waals surface area contributed by atoms with Gasteiger partial charge >= 0.3 is 6.09 Å². The van der Waals surface area contributed by atoms with Gasteiger partial charge in [-0.2, -0.15) is 0 Å². The highest BCUT2D eigenvalue weighted by molar-refractivity contribution is 9.10. The van der Waals surface area contributed by atoms with E-state index < -0.39 is 12.1 Å². The number of halogens is 1. The molecule has 170 valence electrons. The topological polar surface area (TPSA) is 89.5 Å². The van der Waals surface area contributed by atoms with Gasteiger partial charge in [0.2, 0.25) is 5.91 Å². The van der Waals surface area contributed by atoms with Crippen LogP contribution in [0.4, 0.5) is 4.79 Å². The maximum absolute atomic E-state index is 13.6. The van der Waals surface area contributed by atoms with E-state index in [0.717, 1.165) is 46.4 Å². The summed E-state index contributed by atoms with van der Waals surface area (Å²) < 4.78 is 1.01. The highest BCUT2D eigenvalue weighted by Crippen LogP contribution is 2.41. The molecule has 0 bridgehead atoms. The molecule has 0 saturated carbocycles. The molecular formula is C25H25BrN4O3. The highest BCUT2D eigenvalue weighted by atomic mass is 79.9. The van der Waals surface area contributed by atoms with Crippen molar-refractivity contribution in [2.75, 3.05) is 0 Å². The van der Waals surface area contributed by atoms with Gasteiger partial charge in [-0.05, 0) is 48.9 Å². The number of hydrogen-bond donors (Lipinski definition) is 2. The Morgan fingerprint density at radius 3 is 2.55 bits per heavy atom. The van der Waals surface area contributed by atoms with Crippen molar-refractivity contribution in [3.05, 3.63) is 76.7 Å². The lowest BCUT2D eigenvalue weighted by Crippen LogP contribution is -2.55. The van der Waals surface area contributed by atoms with E-state index in [1.165, 1.54) is 4.90 Å². The number of hydrogen-bond acceptors (Lipinski definition) is 3. The van der Waals surface area contributed by atoms with Crippen LogP contribution >= 0.6 is 15.9 Å². The second kappa shape index (κ2) is 9.02. The number of carbonyl (C=O) groups is 2. The van der Waals surface area contributed by atoms with E-state index in [0.29, 0.717) is 6.42 Å². The Labute approximate surface area is 200 Å². The third kappa shape index (κ3) is 4.27. The van der Waals surface area contributed by atoms with Gasteiger partial charge in [0, 0.05) is 17.1 Å². The van der Waals surface area contributed by atoms with Crippen LogP contribution in [0.25, 0.3) is 11.3 Å². The highest BCUT2D eigenvalue weighted by Gasteiger charge is 2.47. The number of H-pyrrole nitrogens is 1. The van der Waals surface area contributed by atoms with E-state index in [2.05, 4.69) is 25.9 Å². The first-order valence-electron chi connectivity index (χ1n) is 11.2. The van der Waals surface area contributed by atoms with Crippen molar-refractivity contribution >= 4 is 27.9 Å². The summed E-state index contributed by atoms with van der Waals surface area (Å²) in [6.45, 7) is 0.199. The predicted molar refractivity (Wildman–Crippen MR) is 127 cm³/mol. The summed E-state index contributed by atoms with van der Waals surface area (Å²) in [7, 11) is 0. The summed E-state index contributed by atoms with van der Waals surface area (Å²) in [5, 5.41) is 9.91. The molecule has 3 atom stereocenters. The SMILES string of the molecule is O=C(O)N(Cc1ccccc1)[C@H]1CC[C@H]2CC[C@@H](c3ncc(-c4ccc(Br)cc4)[nH]3)N2C1=O. The summed E-state index contributed by atoms with van der Waals surface area (Å²) in [6, 6.07) is 16.7. The molecule has 5 rings (SSSR count). The van der Waals surface area contributed by atoms with Crippen molar-refractivity contribution in [2.24, 2.45) is 0 Å². The monoisotopic (exact) mass is 508 g/mol. The maximum Gasteiger partial charge on any atom is 0.408 e. The zero-order valence-corrected chi connectivity index (χ0v) is 19.6. The Balaban J connectivity index is 1.38. The molecule has 33 heavy (non-hydrogen) atoms. The van der Waals surface area contributed by atoms with Gasteiger partial charge in [-0.1, -0.05) is 58.4 Å². The molecule has 0 spiro atoms. The Morgan fingerprint density at radius 1 is 1.09 bits per heavy atom. The number of benzene rings is 2. The third-order valence-corrected chi connectivity index (χ3v) is 7.23. The first kappa shape index (κ1) is 21.7. The number of carboxylic acid groups (broad SMARTS) is 1. The molecule has 2 aliphatic heterocycles. The molecule has 2 saturated heterocycles. The lowest BCUT2D eigenvalue weighted by atomic mass is 9.96. The standard InChI is InChI=1S/C25H25BrN4O3/c26-18-8-6-17(7-9-18)20-14-27-23(28-20)21-12-10-19-11-13-22(24(31)30(19)21)29(25(32)33)15-16-4-2-1-3-5-16/h1-9,14,19,21-22H,10-13,15H2,(H,27,28)(H,32,33)/t19-,21+,22+/m1/s1. The molecule has 3 aromatic rings. The molecule has 2 aliphatic rings. The average molecular weight is 509 g/mol. The minimum atomic E-state index is -1.07. The second-order valence-corrected chi connectivity index (χ2v) is 9.59. The maximum atomic E-state index is 13.6. The van der Waals surface area contributed by atoms with Gasteiger partial charge in [-0.3, -0.25) is 9.69 Å². The molecule has 8 heteroatoms. The van der Waals surface area contributed by atoms with Crippen LogP contribution in [0.1, 0.15) is 43.1 Å². The fourth-order valence-corrected chi connectivity index (χ4v) is 5.34. The number of carbonyl (C=O) groups excluding carboxylic acids is 1. The molecule has 0 radical (unpaired) electrons. The minimum Gasteiger partial charge on any atom is -0.465 e. The van der Waals surface area contributed by atoms with Gasteiger partial charge in [0.1, 0.15) is 11.9 Å². The number of imidazole rings is 1. The Hall–Kier alpha value is -3.13. The van der Waals surface area contributed by atoms with Crippen molar-refractivity contribution in [1.29, 1.82) is 0 Å². The molecule has 2 N–H and O–H groups in total. The second-order valence-electron chi connectivity index (χ2n) is 8.67. The number of aromatic nitrogens is 2. The molecule has 1 aromatic heterocycles. The zero-order valence-electron chi connectivity index (χ0n) is 18.0. The van der Waals surface area contributed by atoms with Crippen molar-refractivity contribution in [3.8, 4) is 11.3 Å². The van der Waals surface area contributed by atoms with Crippen LogP contribution in [-0.2, 0) is 11.3 Å². The quantitative estimate of drug-likeness (QED) is 0.494. The van der Waals surface area contributed by atoms with Crippen LogP contribution in [0.2, 0.25) is 0 Å². The fourth-order valence-electron chi connectivity index (χ4n) is 5.08. The van der Waals surface area contributed by atoms with Crippen LogP contribution in [0.5, 0.6) is 0 Å². The van der Waals surface area contributed by atoms with Crippen molar-refractivity contribution in [1.82, 2.24) is 19.8 Å². The van der Waals surface area contributed by atoms with Crippen LogP contribution in [0.15, 0.2) is 65.3 Å². The molecule has 2 amide bonds. The summed E-state index contributed by atoms with van der Waals surface area (Å²) >= 11 is 3.45. The van der Waals surface area contributed by atoms with E-state index in [9.17, 15) is 14.7 Å². The van der Waals surface area contributed by atoms with Gasteiger partial charge in [-0.25, -0.2) is 9.78 Å². The van der Waals surface area contributed by atoms with E-state index in [1.54, 1.807) is 6.20 Å². The Morgan fingerprint density at radius 2 is 1.82 bits per heavy atom. The lowest BCUT2D eigenvalue weighted by Gasteiger charge is -2.41. The third-order valence-electron chi connectivity index (χ3n) is 6.70. The average Bonchev–Trinajstić information content (AvgIpc) is 3.47. The van der Waals surface area contributed by atoms with Gasteiger partial charge in [0.05, 0.1) is 17.9 Å². The van der Waals surface area contributed by atoms with E-state index in [-0.39, 0.29) is 24.5 Å². The van der Waals surface area contributed by atoms with Crippen molar-refractivity contribution < 1.29 is 14.7 Å². The zero-order chi connectivity index (χ0) is 22.9. The van der Waals surface area contributed by atoms with Crippen LogP contribution in [-0.4, -0.2) is 49.0 Å². The van der Waals surface area contributed by atoms with E-state index in [4.69, 9.17) is 0 Å². The summed E-state index contributed by atoms with van der Waals surface area (Å²) in [5.41, 5.74) is 2.80. The molecular weight excluding hydrogens is 484 g/mol. The Bertz CT molecular complexity index is 1150. The first-order valence-corrected chi connectivity index (χ1v) is 12.0. The van der Waals surface area contributed by atoms with Crippen LogP contribution in [0.3, 0.4) is 0 Å². The summed E-state index contributed by atoms with van der Waals surface area (Å²) in [6.07, 6.45) is 3.81. The number of aromatic amines is 1. The minimum absolute atomic E-state index is 0.117. The molecule has 0 aliphatic carbocycles. The van der Waals surface area contributed by atoms with Crippen molar-refractivity contribution in [3.63, 3.8) is 0 Å². The number of rotatable bonds is 5. The van der Waals surface area contributed by atoms with Gasteiger partial charge < -0.3 is 15.0 Å². The summed E-state index contributed by atoms with van der Waals surface area (Å²) in [5.74, 6) is 0.642. The molecule has 7 nitrogen and oxygen atoms in total. The summed E-state index contributed by atoms with van der Waals surface area (Å²) in [4.78, 5) is 36.9. The molecule has 0 unspecified atom stereocenters. The number of amides is 2. The Kier molecular flexibility index (Phi) is 5.93.